The van der Waals surface area contributed by atoms with Crippen LogP contribution in [0.3, 0.4) is 0 Å². The average Bonchev–Trinajstić information content (AvgIpc) is 2.16. The molecule has 0 amide bonds. The maximum Gasteiger partial charge on any atom is 0.0207 e. The Morgan fingerprint density at radius 3 is 2.27 bits per heavy atom. The number of nitrogens with one attached hydrogen (secondary N) is 1. The Hall–Kier alpha value is -0.340. The van der Waals surface area contributed by atoms with Gasteiger partial charge in [0.05, 0.1) is 0 Å². The van der Waals surface area contributed by atoms with Crippen molar-refractivity contribution >= 4 is 15.9 Å². The molecule has 0 saturated carbocycles. The van der Waals surface area contributed by atoms with Gasteiger partial charge in [-0.1, -0.05) is 41.9 Å². The van der Waals surface area contributed by atoms with E-state index in [1.807, 2.05) is 0 Å². The van der Waals surface area contributed by atoms with Gasteiger partial charge in [0.15, 0.2) is 0 Å². The maximum absolute atomic E-state index is 3.53. The molecule has 0 aromatic heterocycles. The van der Waals surface area contributed by atoms with Gasteiger partial charge in [0.25, 0.3) is 0 Å². The smallest absolute Gasteiger partial charge is 0.0207 e. The molecule has 0 spiro atoms. The SMILES string of the molecule is CC(C)CC(C)NCc1ccc(Br)cc1. The van der Waals surface area contributed by atoms with Crippen LogP contribution in [0.1, 0.15) is 32.8 Å². The Labute approximate surface area is 101 Å². The van der Waals surface area contributed by atoms with Crippen LogP contribution in [-0.4, -0.2) is 6.04 Å². The highest BCUT2D eigenvalue weighted by atomic mass is 79.9. The molecule has 0 heterocycles. The summed E-state index contributed by atoms with van der Waals surface area (Å²) >= 11 is 3.44. The Balaban J connectivity index is 2.33. The summed E-state index contributed by atoms with van der Waals surface area (Å²) in [4.78, 5) is 0. The minimum Gasteiger partial charge on any atom is -0.310 e. The van der Waals surface area contributed by atoms with Crippen LogP contribution in [0.4, 0.5) is 0 Å². The molecule has 1 aromatic carbocycles. The highest BCUT2D eigenvalue weighted by Crippen LogP contribution is 2.11. The summed E-state index contributed by atoms with van der Waals surface area (Å²) in [7, 11) is 0. The largest absolute Gasteiger partial charge is 0.310 e. The van der Waals surface area contributed by atoms with Gasteiger partial charge in [0.1, 0.15) is 0 Å². The molecule has 1 rings (SSSR count). The first-order valence-corrected chi connectivity index (χ1v) is 6.35. The van der Waals surface area contributed by atoms with Gasteiger partial charge in [-0.25, -0.2) is 0 Å². The van der Waals surface area contributed by atoms with Crippen LogP contribution >= 0.6 is 15.9 Å². The quantitative estimate of drug-likeness (QED) is 0.853. The average molecular weight is 270 g/mol. The molecule has 1 aromatic rings. The number of hydrogen-bond donors (Lipinski definition) is 1. The second kappa shape index (κ2) is 6.29. The number of benzene rings is 1. The van der Waals surface area contributed by atoms with Gasteiger partial charge >= 0.3 is 0 Å². The predicted octanol–water partition coefficient (Wildman–Crippen LogP) is 3.97. The zero-order valence-electron chi connectivity index (χ0n) is 9.76. The maximum atomic E-state index is 3.53. The molecule has 0 radical (unpaired) electrons. The molecule has 0 aliphatic heterocycles. The van der Waals surface area contributed by atoms with E-state index in [1.54, 1.807) is 0 Å². The van der Waals surface area contributed by atoms with Crippen molar-refractivity contribution in [2.75, 3.05) is 0 Å². The van der Waals surface area contributed by atoms with Crippen molar-refractivity contribution in [1.29, 1.82) is 0 Å². The van der Waals surface area contributed by atoms with Crippen molar-refractivity contribution in [3.05, 3.63) is 34.3 Å². The van der Waals surface area contributed by atoms with Gasteiger partial charge in [-0.3, -0.25) is 0 Å². The third-order valence-electron chi connectivity index (χ3n) is 2.39. The molecule has 0 saturated heterocycles. The van der Waals surface area contributed by atoms with Crippen LogP contribution in [0.15, 0.2) is 28.7 Å². The Morgan fingerprint density at radius 2 is 1.73 bits per heavy atom. The van der Waals surface area contributed by atoms with Gasteiger partial charge in [-0.2, -0.15) is 0 Å². The van der Waals surface area contributed by atoms with Crippen molar-refractivity contribution in [2.45, 2.75) is 39.8 Å². The van der Waals surface area contributed by atoms with Gasteiger partial charge in [-0.05, 0) is 37.0 Å². The molecule has 1 atom stereocenters. The Bertz CT molecular complexity index is 279. The van der Waals surface area contributed by atoms with Crippen molar-refractivity contribution in [1.82, 2.24) is 5.32 Å². The molecule has 0 fully saturated rings. The fourth-order valence-corrected chi connectivity index (χ4v) is 1.95. The lowest BCUT2D eigenvalue weighted by atomic mass is 10.1. The van der Waals surface area contributed by atoms with Crippen molar-refractivity contribution in [2.24, 2.45) is 5.92 Å². The summed E-state index contributed by atoms with van der Waals surface area (Å²) in [5, 5.41) is 3.53. The van der Waals surface area contributed by atoms with Crippen molar-refractivity contribution in [3.8, 4) is 0 Å². The predicted molar refractivity (Wildman–Crippen MR) is 69.9 cm³/mol. The van der Waals surface area contributed by atoms with Gasteiger partial charge in [0, 0.05) is 17.1 Å². The van der Waals surface area contributed by atoms with Gasteiger partial charge in [0.2, 0.25) is 0 Å². The molecule has 2 heteroatoms. The summed E-state index contributed by atoms with van der Waals surface area (Å²) in [6.07, 6.45) is 1.23. The summed E-state index contributed by atoms with van der Waals surface area (Å²) < 4.78 is 1.14. The minimum absolute atomic E-state index is 0.591. The zero-order chi connectivity index (χ0) is 11.3. The molecular weight excluding hydrogens is 250 g/mol. The highest BCUT2D eigenvalue weighted by molar-refractivity contribution is 9.10. The molecule has 1 nitrogen and oxygen atoms in total. The molecule has 0 bridgehead atoms. The summed E-state index contributed by atoms with van der Waals surface area (Å²) in [5.74, 6) is 0.761. The third-order valence-corrected chi connectivity index (χ3v) is 2.92. The van der Waals surface area contributed by atoms with Crippen LogP contribution in [0.25, 0.3) is 0 Å². The molecule has 1 N–H and O–H groups in total. The first-order chi connectivity index (χ1) is 7.08. The van der Waals surface area contributed by atoms with E-state index in [-0.39, 0.29) is 0 Å². The lowest BCUT2D eigenvalue weighted by molar-refractivity contribution is 0.441. The summed E-state index contributed by atoms with van der Waals surface area (Å²) in [6, 6.07) is 9.07. The summed E-state index contributed by atoms with van der Waals surface area (Å²) in [6.45, 7) is 7.73. The van der Waals surface area contributed by atoms with Crippen LogP contribution < -0.4 is 5.32 Å². The van der Waals surface area contributed by atoms with E-state index < -0.39 is 0 Å². The summed E-state index contributed by atoms with van der Waals surface area (Å²) in [5.41, 5.74) is 1.34. The lowest BCUT2D eigenvalue weighted by Gasteiger charge is -2.15. The van der Waals surface area contributed by atoms with Crippen LogP contribution in [0, 0.1) is 5.92 Å². The molecule has 0 aliphatic rings. The number of halogens is 1. The molecule has 84 valence electrons. The first kappa shape index (κ1) is 12.7. The third kappa shape index (κ3) is 5.33. The Kier molecular flexibility index (Phi) is 5.34. The van der Waals surface area contributed by atoms with E-state index in [0.717, 1.165) is 16.9 Å². The fraction of sp³-hybridized carbons (Fsp3) is 0.538. The lowest BCUT2D eigenvalue weighted by Crippen LogP contribution is -2.26. The van der Waals surface area contributed by atoms with E-state index in [0.29, 0.717) is 6.04 Å². The van der Waals surface area contributed by atoms with E-state index in [4.69, 9.17) is 0 Å². The van der Waals surface area contributed by atoms with Crippen LogP contribution in [-0.2, 0) is 6.54 Å². The van der Waals surface area contributed by atoms with E-state index in [2.05, 4.69) is 66.3 Å². The van der Waals surface area contributed by atoms with Crippen LogP contribution in [0.5, 0.6) is 0 Å². The standard InChI is InChI=1S/C13H20BrN/c1-10(2)8-11(3)15-9-12-4-6-13(14)7-5-12/h4-7,10-11,15H,8-9H2,1-3H3. The van der Waals surface area contributed by atoms with E-state index >= 15 is 0 Å². The molecular formula is C13H20BrN. The monoisotopic (exact) mass is 269 g/mol. The fourth-order valence-electron chi connectivity index (χ4n) is 1.68. The second-order valence-corrected chi connectivity index (χ2v) is 5.45. The minimum atomic E-state index is 0.591. The van der Waals surface area contributed by atoms with Gasteiger partial charge in [-0.15, -0.1) is 0 Å². The topological polar surface area (TPSA) is 12.0 Å². The molecule has 0 aliphatic carbocycles. The Morgan fingerprint density at radius 1 is 1.13 bits per heavy atom. The highest BCUT2D eigenvalue weighted by Gasteiger charge is 2.03. The molecule has 15 heavy (non-hydrogen) atoms. The zero-order valence-corrected chi connectivity index (χ0v) is 11.3. The van der Waals surface area contributed by atoms with Gasteiger partial charge < -0.3 is 5.32 Å². The van der Waals surface area contributed by atoms with Crippen LogP contribution in [0.2, 0.25) is 0 Å². The molecule has 1 unspecified atom stereocenters. The van der Waals surface area contributed by atoms with Crippen molar-refractivity contribution in [3.63, 3.8) is 0 Å². The normalized spacial score (nSPS) is 13.1. The van der Waals surface area contributed by atoms with E-state index in [9.17, 15) is 0 Å². The number of rotatable bonds is 5. The van der Waals surface area contributed by atoms with E-state index in [1.165, 1.54) is 12.0 Å². The number of hydrogen-bond acceptors (Lipinski definition) is 1. The second-order valence-electron chi connectivity index (χ2n) is 4.54. The first-order valence-electron chi connectivity index (χ1n) is 5.55. The van der Waals surface area contributed by atoms with Crippen molar-refractivity contribution < 1.29 is 0 Å².